The summed E-state index contributed by atoms with van der Waals surface area (Å²) in [5.74, 6) is -4.14. The molecule has 0 aliphatic carbocycles. The molecule has 0 saturated carbocycles. The van der Waals surface area contributed by atoms with E-state index in [0.717, 1.165) is 0 Å². The minimum Gasteiger partial charge on any atom is -0.481 e. The number of hydrogen-bond donors (Lipinski definition) is 2. The first kappa shape index (κ1) is 15.4. The van der Waals surface area contributed by atoms with Gasteiger partial charge in [-0.15, -0.1) is 0 Å². The van der Waals surface area contributed by atoms with Gasteiger partial charge in [-0.3, -0.25) is 14.4 Å². The number of Topliss-reactive ketones (excluding diaryl/α,β-unsaturated/α-hetero) is 1. The van der Waals surface area contributed by atoms with E-state index in [2.05, 4.69) is 0 Å². The van der Waals surface area contributed by atoms with Crippen LogP contribution in [-0.4, -0.2) is 33.9 Å². The van der Waals surface area contributed by atoms with E-state index in [-0.39, 0.29) is 12.2 Å². The van der Waals surface area contributed by atoms with Crippen LogP contribution in [0.25, 0.3) is 0 Å². The van der Waals surface area contributed by atoms with Crippen molar-refractivity contribution in [3.63, 3.8) is 0 Å². The van der Waals surface area contributed by atoms with Crippen molar-refractivity contribution in [2.75, 3.05) is 0 Å². The Morgan fingerprint density at radius 2 is 1.50 bits per heavy atom. The number of carbonyl (C=O) groups is 4. The monoisotopic (exact) mass is 280 g/mol. The molecule has 0 heterocycles. The summed E-state index contributed by atoms with van der Waals surface area (Å²) in [4.78, 5) is 43.3. The maximum absolute atomic E-state index is 11.3. The Hall–Kier alpha value is -2.70. The molecule has 0 spiro atoms. The number of carbonyl (C=O) groups excluding carboxylic acids is 2. The summed E-state index contributed by atoms with van der Waals surface area (Å²) in [7, 11) is 0. The van der Waals surface area contributed by atoms with Gasteiger partial charge in [-0.2, -0.15) is 0 Å². The van der Waals surface area contributed by atoms with Crippen molar-refractivity contribution in [2.45, 2.75) is 19.3 Å². The summed E-state index contributed by atoms with van der Waals surface area (Å²) in [5.41, 5.74) is 0.523. The molecule has 7 heteroatoms. The molecule has 0 aliphatic heterocycles. The topological polar surface area (TPSA) is 118 Å². The van der Waals surface area contributed by atoms with Crippen LogP contribution in [0.1, 0.15) is 18.4 Å². The Morgan fingerprint density at radius 1 is 0.900 bits per heavy atom. The number of carboxylic acid groups (broad SMARTS) is 2. The lowest BCUT2D eigenvalue weighted by atomic mass is 10.1. The Bertz CT molecular complexity index is 530. The number of hydrogen-bond acceptors (Lipinski definition) is 5. The smallest absolute Gasteiger partial charge is 0.379 e. The molecule has 0 atom stereocenters. The van der Waals surface area contributed by atoms with E-state index in [0.29, 0.717) is 5.56 Å². The van der Waals surface area contributed by atoms with Crippen LogP contribution in [0.4, 0.5) is 0 Å². The fourth-order valence-corrected chi connectivity index (χ4v) is 1.34. The molecular formula is C13H12O7. The molecule has 0 aliphatic rings. The molecule has 1 aromatic carbocycles. The molecule has 20 heavy (non-hydrogen) atoms. The second kappa shape index (κ2) is 7.03. The number of esters is 1. The van der Waals surface area contributed by atoms with E-state index in [9.17, 15) is 19.2 Å². The first-order valence-corrected chi connectivity index (χ1v) is 5.66. The van der Waals surface area contributed by atoms with Crippen LogP contribution in [0, 0.1) is 0 Å². The highest BCUT2D eigenvalue weighted by atomic mass is 16.5. The second-order valence-electron chi connectivity index (χ2n) is 3.92. The van der Waals surface area contributed by atoms with Gasteiger partial charge in [0.05, 0.1) is 12.8 Å². The molecule has 0 saturated heterocycles. The van der Waals surface area contributed by atoms with Crippen molar-refractivity contribution >= 4 is 23.7 Å². The Morgan fingerprint density at radius 3 is 2.00 bits per heavy atom. The summed E-state index contributed by atoms with van der Waals surface area (Å²) < 4.78 is 4.74. The van der Waals surface area contributed by atoms with Gasteiger partial charge in [0.15, 0.2) is 0 Å². The molecule has 1 aromatic rings. The molecule has 7 nitrogen and oxygen atoms in total. The van der Waals surface area contributed by atoms with Gasteiger partial charge >= 0.3 is 17.9 Å². The lowest BCUT2D eigenvalue weighted by molar-refractivity contribution is -0.148. The van der Waals surface area contributed by atoms with Crippen molar-refractivity contribution in [1.29, 1.82) is 0 Å². The third-order valence-corrected chi connectivity index (χ3v) is 2.28. The quantitative estimate of drug-likeness (QED) is 0.427. The number of benzene rings is 1. The molecule has 0 unspecified atom stereocenters. The van der Waals surface area contributed by atoms with E-state index in [1.807, 2.05) is 0 Å². The highest BCUT2D eigenvalue weighted by molar-refractivity contribution is 6.34. The first-order chi connectivity index (χ1) is 9.38. The molecule has 0 amide bonds. The Balaban J connectivity index is 2.55. The van der Waals surface area contributed by atoms with Crippen LogP contribution in [0.15, 0.2) is 24.3 Å². The van der Waals surface area contributed by atoms with Gasteiger partial charge in [-0.25, -0.2) is 4.79 Å². The van der Waals surface area contributed by atoms with Gasteiger partial charge in [0, 0.05) is 6.42 Å². The van der Waals surface area contributed by atoms with Crippen molar-refractivity contribution in [1.82, 2.24) is 0 Å². The lowest BCUT2D eigenvalue weighted by Gasteiger charge is -2.04. The van der Waals surface area contributed by atoms with Crippen LogP contribution in [0.2, 0.25) is 0 Å². The van der Waals surface area contributed by atoms with E-state index in [1.165, 1.54) is 24.3 Å². The standard InChI is InChI=1S/C13H12O7/c14-10(5-6-11(15)16)13(19)20-9-3-1-8(2-4-9)7-12(17)18/h1-4H,5-7H2,(H,15,16)(H,17,18). The average Bonchev–Trinajstić information content (AvgIpc) is 2.37. The number of rotatable bonds is 7. The van der Waals surface area contributed by atoms with Gasteiger partial charge in [-0.05, 0) is 17.7 Å². The number of carboxylic acids is 2. The van der Waals surface area contributed by atoms with E-state index in [4.69, 9.17) is 14.9 Å². The molecular weight excluding hydrogens is 268 g/mol. The van der Waals surface area contributed by atoms with E-state index >= 15 is 0 Å². The summed E-state index contributed by atoms with van der Waals surface area (Å²) >= 11 is 0. The first-order valence-electron chi connectivity index (χ1n) is 5.66. The fourth-order valence-electron chi connectivity index (χ4n) is 1.34. The zero-order chi connectivity index (χ0) is 15.1. The maximum Gasteiger partial charge on any atom is 0.379 e. The highest BCUT2D eigenvalue weighted by Gasteiger charge is 2.17. The molecule has 0 radical (unpaired) electrons. The van der Waals surface area contributed by atoms with E-state index in [1.54, 1.807) is 0 Å². The van der Waals surface area contributed by atoms with Gasteiger partial charge in [0.2, 0.25) is 5.78 Å². The third-order valence-electron chi connectivity index (χ3n) is 2.28. The zero-order valence-corrected chi connectivity index (χ0v) is 10.4. The normalized spacial score (nSPS) is 9.80. The third kappa shape index (κ3) is 5.30. The van der Waals surface area contributed by atoms with Gasteiger partial charge in [0.1, 0.15) is 5.75 Å². The lowest BCUT2D eigenvalue weighted by Crippen LogP contribution is -2.21. The number of aliphatic carboxylic acids is 2. The van der Waals surface area contributed by atoms with Crippen LogP contribution >= 0.6 is 0 Å². The molecule has 0 fully saturated rings. The van der Waals surface area contributed by atoms with Gasteiger partial charge in [0.25, 0.3) is 0 Å². The highest BCUT2D eigenvalue weighted by Crippen LogP contribution is 2.13. The number of ketones is 1. The SMILES string of the molecule is O=C(O)CCC(=O)C(=O)Oc1ccc(CC(=O)O)cc1. The maximum atomic E-state index is 11.3. The van der Waals surface area contributed by atoms with Crippen LogP contribution < -0.4 is 4.74 Å². The summed E-state index contributed by atoms with van der Waals surface area (Å²) in [6, 6.07) is 5.64. The number of ether oxygens (including phenoxy) is 1. The molecule has 106 valence electrons. The van der Waals surface area contributed by atoms with Crippen molar-refractivity contribution in [2.24, 2.45) is 0 Å². The minimum absolute atomic E-state index is 0.0906. The fraction of sp³-hybridized carbons (Fsp3) is 0.231. The average molecular weight is 280 g/mol. The van der Waals surface area contributed by atoms with Gasteiger partial charge < -0.3 is 14.9 Å². The molecule has 1 rings (SSSR count). The van der Waals surface area contributed by atoms with Crippen LogP contribution in [-0.2, 0) is 25.6 Å². The zero-order valence-electron chi connectivity index (χ0n) is 10.4. The van der Waals surface area contributed by atoms with Crippen LogP contribution in [0.5, 0.6) is 5.75 Å². The largest absolute Gasteiger partial charge is 0.481 e. The molecule has 2 N–H and O–H groups in total. The molecule has 0 bridgehead atoms. The second-order valence-corrected chi connectivity index (χ2v) is 3.92. The van der Waals surface area contributed by atoms with Crippen molar-refractivity contribution < 1.29 is 34.1 Å². The van der Waals surface area contributed by atoms with Gasteiger partial charge in [-0.1, -0.05) is 12.1 Å². The van der Waals surface area contributed by atoms with E-state index < -0.39 is 36.5 Å². The van der Waals surface area contributed by atoms with Crippen LogP contribution in [0.3, 0.4) is 0 Å². The predicted octanol–water partition coefficient (Wildman–Crippen LogP) is 0.653. The Labute approximate surface area is 113 Å². The summed E-state index contributed by atoms with van der Waals surface area (Å²) in [5, 5.41) is 17.0. The predicted molar refractivity (Wildman–Crippen MR) is 65.3 cm³/mol. The summed E-state index contributed by atoms with van der Waals surface area (Å²) in [6.07, 6.45) is -1.03. The minimum atomic E-state index is -1.18. The molecule has 0 aromatic heterocycles. The van der Waals surface area contributed by atoms with Crippen molar-refractivity contribution in [3.05, 3.63) is 29.8 Å². The Kier molecular flexibility index (Phi) is 5.40. The summed E-state index contributed by atoms with van der Waals surface area (Å²) in [6.45, 7) is 0. The van der Waals surface area contributed by atoms with Crippen molar-refractivity contribution in [3.8, 4) is 5.75 Å².